The van der Waals surface area contributed by atoms with Crippen molar-refractivity contribution in [1.82, 2.24) is 0 Å². The molecule has 0 bridgehead atoms. The molecule has 2 nitrogen and oxygen atoms in total. The highest BCUT2D eigenvalue weighted by Gasteiger charge is 2.10. The van der Waals surface area contributed by atoms with Gasteiger partial charge in [-0.05, 0) is 30.4 Å². The molecule has 0 unspecified atom stereocenters. The molecule has 0 spiro atoms. The number of hydrogen-bond acceptors (Lipinski definition) is 3. The molecular weight excluding hydrogens is 267 g/mol. The zero-order chi connectivity index (χ0) is 14.5. The first-order chi connectivity index (χ1) is 9.54. The SMILES string of the molecule is Cc1cc(C)cc(CSCc2cccc(B(O)O)c2)c1. The van der Waals surface area contributed by atoms with Crippen LogP contribution < -0.4 is 5.46 Å². The number of thioether (sulfide) groups is 1. The second-order valence-corrected chi connectivity index (χ2v) is 6.09. The molecular formula is C16H19BO2S. The Bertz CT molecular complexity index is 564. The summed E-state index contributed by atoms with van der Waals surface area (Å²) in [5.74, 6) is 1.84. The maximum Gasteiger partial charge on any atom is 0.488 e. The van der Waals surface area contributed by atoms with Crippen LogP contribution in [0, 0.1) is 13.8 Å². The fourth-order valence-electron chi connectivity index (χ4n) is 2.28. The molecule has 2 N–H and O–H groups in total. The van der Waals surface area contributed by atoms with Gasteiger partial charge in [0.1, 0.15) is 0 Å². The summed E-state index contributed by atoms with van der Waals surface area (Å²) in [5.41, 5.74) is 5.60. The first-order valence-corrected chi connectivity index (χ1v) is 7.80. The Labute approximate surface area is 125 Å². The fraction of sp³-hybridized carbons (Fsp3) is 0.250. The van der Waals surface area contributed by atoms with Gasteiger partial charge < -0.3 is 10.0 Å². The average molecular weight is 286 g/mol. The van der Waals surface area contributed by atoms with E-state index < -0.39 is 7.12 Å². The van der Waals surface area contributed by atoms with Crippen molar-refractivity contribution in [3.8, 4) is 0 Å². The first-order valence-electron chi connectivity index (χ1n) is 6.64. The molecule has 0 saturated heterocycles. The third-order valence-corrected chi connectivity index (χ3v) is 4.14. The summed E-state index contributed by atoms with van der Waals surface area (Å²) in [7, 11) is -1.39. The van der Waals surface area contributed by atoms with Crippen LogP contribution in [-0.4, -0.2) is 17.2 Å². The second-order valence-electron chi connectivity index (χ2n) is 5.11. The topological polar surface area (TPSA) is 40.5 Å². The first kappa shape index (κ1) is 15.2. The number of aryl methyl sites for hydroxylation is 2. The highest BCUT2D eigenvalue weighted by Crippen LogP contribution is 2.19. The molecule has 2 rings (SSSR count). The van der Waals surface area contributed by atoms with Crippen LogP contribution in [0.3, 0.4) is 0 Å². The minimum absolute atomic E-state index is 0.550. The van der Waals surface area contributed by atoms with Crippen LogP contribution in [0.5, 0.6) is 0 Å². The minimum atomic E-state index is -1.39. The smallest absolute Gasteiger partial charge is 0.423 e. The van der Waals surface area contributed by atoms with E-state index in [1.54, 1.807) is 6.07 Å². The standard InChI is InChI=1S/C16H19BO2S/c1-12-6-13(2)8-15(7-12)11-20-10-14-4-3-5-16(9-14)17(18)19/h3-9,18-19H,10-11H2,1-2H3. The summed E-state index contributed by atoms with van der Waals surface area (Å²) < 4.78 is 0. The van der Waals surface area contributed by atoms with Gasteiger partial charge in [0.15, 0.2) is 0 Å². The molecule has 0 amide bonds. The Morgan fingerprint density at radius 3 is 2.20 bits per heavy atom. The maximum atomic E-state index is 9.16. The highest BCUT2D eigenvalue weighted by atomic mass is 32.2. The van der Waals surface area contributed by atoms with Crippen molar-refractivity contribution in [1.29, 1.82) is 0 Å². The number of benzene rings is 2. The lowest BCUT2D eigenvalue weighted by molar-refractivity contribution is 0.425. The van der Waals surface area contributed by atoms with Crippen LogP contribution in [0.15, 0.2) is 42.5 Å². The van der Waals surface area contributed by atoms with E-state index >= 15 is 0 Å². The molecule has 0 aromatic heterocycles. The van der Waals surface area contributed by atoms with Gasteiger partial charge in [0.25, 0.3) is 0 Å². The van der Waals surface area contributed by atoms with E-state index in [0.29, 0.717) is 5.46 Å². The number of rotatable bonds is 5. The Hall–Kier alpha value is -1.23. The van der Waals surface area contributed by atoms with E-state index in [1.807, 2.05) is 30.0 Å². The molecule has 0 heterocycles. The molecule has 4 heteroatoms. The van der Waals surface area contributed by atoms with Gasteiger partial charge in [-0.25, -0.2) is 0 Å². The summed E-state index contributed by atoms with van der Waals surface area (Å²) in [6, 6.07) is 14.1. The monoisotopic (exact) mass is 286 g/mol. The van der Waals surface area contributed by atoms with E-state index in [1.165, 1.54) is 16.7 Å². The molecule has 104 valence electrons. The van der Waals surface area contributed by atoms with Gasteiger partial charge >= 0.3 is 7.12 Å². The molecule has 0 aliphatic carbocycles. The predicted molar refractivity (Wildman–Crippen MR) is 87.2 cm³/mol. The van der Waals surface area contributed by atoms with Crippen molar-refractivity contribution in [2.45, 2.75) is 25.4 Å². The second kappa shape index (κ2) is 6.98. The van der Waals surface area contributed by atoms with Crippen molar-refractivity contribution in [2.75, 3.05) is 0 Å². The molecule has 0 fully saturated rings. The minimum Gasteiger partial charge on any atom is -0.423 e. The quantitative estimate of drug-likeness (QED) is 0.829. The molecule has 0 radical (unpaired) electrons. The summed E-state index contributed by atoms with van der Waals surface area (Å²) in [6.07, 6.45) is 0. The Morgan fingerprint density at radius 2 is 1.55 bits per heavy atom. The van der Waals surface area contributed by atoms with Crippen LogP contribution in [0.25, 0.3) is 0 Å². The molecule has 0 atom stereocenters. The normalized spacial score (nSPS) is 10.6. The fourth-order valence-corrected chi connectivity index (χ4v) is 3.20. The molecule has 20 heavy (non-hydrogen) atoms. The Kier molecular flexibility index (Phi) is 5.29. The summed E-state index contributed by atoms with van der Waals surface area (Å²) in [6.45, 7) is 4.24. The van der Waals surface area contributed by atoms with E-state index in [9.17, 15) is 0 Å². The zero-order valence-electron chi connectivity index (χ0n) is 11.8. The predicted octanol–water partition coefficient (Wildman–Crippen LogP) is 2.42. The van der Waals surface area contributed by atoms with Gasteiger partial charge in [-0.3, -0.25) is 0 Å². The average Bonchev–Trinajstić information content (AvgIpc) is 2.38. The van der Waals surface area contributed by atoms with Crippen molar-refractivity contribution in [3.63, 3.8) is 0 Å². The molecule has 0 aliphatic rings. The maximum absolute atomic E-state index is 9.16. The van der Waals surface area contributed by atoms with E-state index in [-0.39, 0.29) is 0 Å². The van der Waals surface area contributed by atoms with Crippen LogP contribution in [0.1, 0.15) is 22.3 Å². The van der Waals surface area contributed by atoms with Gasteiger partial charge in [-0.1, -0.05) is 53.6 Å². The Balaban J connectivity index is 1.94. The van der Waals surface area contributed by atoms with E-state index in [4.69, 9.17) is 10.0 Å². The molecule has 2 aromatic rings. The van der Waals surface area contributed by atoms with Gasteiger partial charge in [-0.2, -0.15) is 11.8 Å². The van der Waals surface area contributed by atoms with Gasteiger partial charge in [0, 0.05) is 11.5 Å². The van der Waals surface area contributed by atoms with Crippen molar-refractivity contribution in [3.05, 3.63) is 64.7 Å². The number of hydrogen-bond donors (Lipinski definition) is 2. The largest absolute Gasteiger partial charge is 0.488 e. The molecule has 2 aromatic carbocycles. The van der Waals surface area contributed by atoms with Crippen molar-refractivity contribution < 1.29 is 10.0 Å². The lowest BCUT2D eigenvalue weighted by Gasteiger charge is -2.07. The highest BCUT2D eigenvalue weighted by molar-refractivity contribution is 7.97. The van der Waals surface area contributed by atoms with Gasteiger partial charge in [-0.15, -0.1) is 0 Å². The van der Waals surface area contributed by atoms with E-state index in [0.717, 1.165) is 17.1 Å². The van der Waals surface area contributed by atoms with Gasteiger partial charge in [0.05, 0.1) is 0 Å². The van der Waals surface area contributed by atoms with Gasteiger partial charge in [0.2, 0.25) is 0 Å². The van der Waals surface area contributed by atoms with Crippen molar-refractivity contribution in [2.24, 2.45) is 0 Å². The summed E-state index contributed by atoms with van der Waals surface area (Å²) in [4.78, 5) is 0. The summed E-state index contributed by atoms with van der Waals surface area (Å²) in [5, 5.41) is 18.3. The summed E-state index contributed by atoms with van der Waals surface area (Å²) >= 11 is 1.83. The van der Waals surface area contributed by atoms with Crippen molar-refractivity contribution >= 4 is 24.3 Å². The van der Waals surface area contributed by atoms with Crippen LogP contribution in [0.2, 0.25) is 0 Å². The third-order valence-electron chi connectivity index (χ3n) is 3.07. The van der Waals surface area contributed by atoms with Crippen LogP contribution >= 0.6 is 11.8 Å². The third kappa shape index (κ3) is 4.41. The zero-order valence-corrected chi connectivity index (χ0v) is 12.7. The van der Waals surface area contributed by atoms with Crippen LogP contribution in [-0.2, 0) is 11.5 Å². The molecule has 0 aliphatic heterocycles. The molecule has 0 saturated carbocycles. The van der Waals surface area contributed by atoms with E-state index in [2.05, 4.69) is 32.0 Å². The van der Waals surface area contributed by atoms with Crippen LogP contribution in [0.4, 0.5) is 0 Å². The lowest BCUT2D eigenvalue weighted by atomic mass is 9.80. The Morgan fingerprint density at radius 1 is 0.900 bits per heavy atom. The lowest BCUT2D eigenvalue weighted by Crippen LogP contribution is -2.29.